The summed E-state index contributed by atoms with van der Waals surface area (Å²) in [5, 5.41) is 17.3. The minimum absolute atomic E-state index is 0.164. The molecule has 0 spiro atoms. The summed E-state index contributed by atoms with van der Waals surface area (Å²) in [5.74, 6) is 1.97. The monoisotopic (exact) mass is 442 g/mol. The van der Waals surface area contributed by atoms with E-state index in [0.717, 1.165) is 56.1 Å². The maximum atomic E-state index is 9.87. The van der Waals surface area contributed by atoms with E-state index in [1.807, 2.05) is 12.3 Å². The van der Waals surface area contributed by atoms with Crippen molar-refractivity contribution in [3.63, 3.8) is 0 Å². The largest absolute Gasteiger partial charge is 0.393 e. The first-order chi connectivity index (χ1) is 15.1. The SMILES string of the molecule is OC1CCC(Nc2nc(Nc3ccnc(Cl)c3)ncc2C2CCN(C3CC3)CC2)CC1. The lowest BCUT2D eigenvalue weighted by molar-refractivity contribution is 0.126. The zero-order valence-corrected chi connectivity index (χ0v) is 18.6. The van der Waals surface area contributed by atoms with Crippen LogP contribution in [0.25, 0.3) is 0 Å². The van der Waals surface area contributed by atoms with Crippen LogP contribution in [0.1, 0.15) is 62.8 Å². The fourth-order valence-corrected chi connectivity index (χ4v) is 5.08. The van der Waals surface area contributed by atoms with Gasteiger partial charge in [0.05, 0.1) is 6.10 Å². The zero-order chi connectivity index (χ0) is 21.2. The first-order valence-corrected chi connectivity index (χ1v) is 12.0. The lowest BCUT2D eigenvalue weighted by Gasteiger charge is -2.33. The Morgan fingerprint density at radius 2 is 1.77 bits per heavy atom. The molecule has 0 bridgehead atoms. The Morgan fingerprint density at radius 3 is 2.48 bits per heavy atom. The molecular weight excluding hydrogens is 412 g/mol. The van der Waals surface area contributed by atoms with Gasteiger partial charge in [-0.25, -0.2) is 9.97 Å². The van der Waals surface area contributed by atoms with E-state index in [-0.39, 0.29) is 6.10 Å². The van der Waals surface area contributed by atoms with Crippen molar-refractivity contribution in [3.05, 3.63) is 35.2 Å². The molecule has 2 aliphatic carbocycles. The second-order valence-electron chi connectivity index (χ2n) is 9.18. The molecule has 3 N–H and O–H groups in total. The summed E-state index contributed by atoms with van der Waals surface area (Å²) >= 11 is 6.02. The maximum absolute atomic E-state index is 9.87. The standard InChI is InChI=1S/C23H31ClN6O/c24-21-13-17(7-10-25-21)28-23-26-14-20(15-8-11-30(12-9-15)18-3-4-18)22(29-23)27-16-1-5-19(31)6-2-16/h7,10,13-16,18-19,31H,1-6,8-9,11-12H2,(H2,25,26,27,28,29). The van der Waals surface area contributed by atoms with E-state index < -0.39 is 0 Å². The minimum atomic E-state index is -0.164. The third kappa shape index (κ3) is 5.27. The van der Waals surface area contributed by atoms with Crippen molar-refractivity contribution >= 4 is 29.1 Å². The third-order valence-electron chi connectivity index (χ3n) is 6.87. The van der Waals surface area contributed by atoms with E-state index in [4.69, 9.17) is 16.6 Å². The highest BCUT2D eigenvalue weighted by Crippen LogP contribution is 2.37. The normalized spacial score (nSPS) is 25.4. The van der Waals surface area contributed by atoms with Crippen molar-refractivity contribution in [1.29, 1.82) is 0 Å². The number of piperidine rings is 1. The van der Waals surface area contributed by atoms with Gasteiger partial charge in [-0.05, 0) is 82.5 Å². The molecule has 0 aromatic carbocycles. The zero-order valence-electron chi connectivity index (χ0n) is 17.8. The van der Waals surface area contributed by atoms with E-state index in [9.17, 15) is 5.11 Å². The molecule has 2 aromatic rings. The Balaban J connectivity index is 1.35. The number of pyridine rings is 1. The average Bonchev–Trinajstić information content (AvgIpc) is 3.61. The number of hydrogen-bond acceptors (Lipinski definition) is 7. The van der Waals surface area contributed by atoms with Crippen LogP contribution >= 0.6 is 11.6 Å². The van der Waals surface area contributed by atoms with Crippen LogP contribution in [-0.4, -0.2) is 56.2 Å². The predicted molar refractivity (Wildman–Crippen MR) is 123 cm³/mol. The Morgan fingerprint density at radius 1 is 1.00 bits per heavy atom. The summed E-state index contributed by atoms with van der Waals surface area (Å²) in [7, 11) is 0. The molecule has 8 heteroatoms. The Kier molecular flexibility index (Phi) is 6.25. The van der Waals surface area contributed by atoms with Crippen LogP contribution in [0.15, 0.2) is 24.5 Å². The van der Waals surface area contributed by atoms with Gasteiger partial charge < -0.3 is 20.6 Å². The molecule has 31 heavy (non-hydrogen) atoms. The number of aliphatic hydroxyl groups excluding tert-OH is 1. The predicted octanol–water partition coefficient (Wildman–Crippen LogP) is 4.33. The van der Waals surface area contributed by atoms with Gasteiger partial charge in [0.25, 0.3) is 0 Å². The van der Waals surface area contributed by atoms with Crippen LogP contribution in [0.3, 0.4) is 0 Å². The lowest BCUT2D eigenvalue weighted by Crippen LogP contribution is -2.35. The molecule has 3 heterocycles. The number of halogens is 1. The number of anilines is 3. The van der Waals surface area contributed by atoms with Gasteiger partial charge in [0, 0.05) is 35.7 Å². The fraction of sp³-hybridized carbons (Fsp3) is 0.609. The quantitative estimate of drug-likeness (QED) is 0.574. The van der Waals surface area contributed by atoms with Gasteiger partial charge >= 0.3 is 0 Å². The number of aliphatic hydroxyl groups is 1. The molecule has 166 valence electrons. The molecule has 1 aliphatic heterocycles. The number of hydrogen-bond donors (Lipinski definition) is 3. The van der Waals surface area contributed by atoms with Gasteiger partial charge in [-0.1, -0.05) is 11.6 Å². The fourth-order valence-electron chi connectivity index (χ4n) is 4.90. The maximum Gasteiger partial charge on any atom is 0.229 e. The highest BCUT2D eigenvalue weighted by molar-refractivity contribution is 6.29. The van der Waals surface area contributed by atoms with Crippen LogP contribution in [0.4, 0.5) is 17.5 Å². The van der Waals surface area contributed by atoms with Gasteiger partial charge in [0.15, 0.2) is 0 Å². The molecule has 3 fully saturated rings. The molecule has 0 radical (unpaired) electrons. The summed E-state index contributed by atoms with van der Waals surface area (Å²) in [6, 6.07) is 4.79. The Hall–Kier alpha value is -1.96. The van der Waals surface area contributed by atoms with Crippen LogP contribution in [0.5, 0.6) is 0 Å². The third-order valence-corrected chi connectivity index (χ3v) is 7.08. The number of nitrogens with zero attached hydrogens (tertiary/aromatic N) is 4. The Bertz CT molecular complexity index is 891. The second kappa shape index (κ2) is 9.27. The first kappa shape index (κ1) is 20.9. The first-order valence-electron chi connectivity index (χ1n) is 11.6. The molecule has 7 nitrogen and oxygen atoms in total. The van der Waals surface area contributed by atoms with Crippen molar-refractivity contribution in [3.8, 4) is 0 Å². The highest BCUT2D eigenvalue weighted by Gasteiger charge is 2.33. The number of rotatable bonds is 6. The van der Waals surface area contributed by atoms with E-state index in [1.54, 1.807) is 12.3 Å². The smallest absolute Gasteiger partial charge is 0.229 e. The van der Waals surface area contributed by atoms with E-state index in [1.165, 1.54) is 31.5 Å². The summed E-state index contributed by atoms with van der Waals surface area (Å²) in [5.41, 5.74) is 2.04. The van der Waals surface area contributed by atoms with Gasteiger partial charge in [0.2, 0.25) is 5.95 Å². The molecule has 0 unspecified atom stereocenters. The van der Waals surface area contributed by atoms with Crippen molar-refractivity contribution in [2.45, 2.75) is 75.5 Å². The molecule has 0 atom stereocenters. The van der Waals surface area contributed by atoms with Gasteiger partial charge in [0.1, 0.15) is 11.0 Å². The summed E-state index contributed by atoms with van der Waals surface area (Å²) < 4.78 is 0. The van der Waals surface area contributed by atoms with Crippen LogP contribution in [0.2, 0.25) is 5.15 Å². The number of nitrogens with one attached hydrogen (secondary N) is 2. The van der Waals surface area contributed by atoms with Crippen molar-refractivity contribution < 1.29 is 5.11 Å². The summed E-state index contributed by atoms with van der Waals surface area (Å²) in [6.45, 7) is 2.33. The summed E-state index contributed by atoms with van der Waals surface area (Å²) in [4.78, 5) is 16.2. The van der Waals surface area contributed by atoms with Crippen molar-refractivity contribution in [1.82, 2.24) is 19.9 Å². The van der Waals surface area contributed by atoms with Crippen molar-refractivity contribution in [2.75, 3.05) is 23.7 Å². The van der Waals surface area contributed by atoms with Gasteiger partial charge in [-0.15, -0.1) is 0 Å². The molecule has 3 aliphatic rings. The molecule has 2 aromatic heterocycles. The minimum Gasteiger partial charge on any atom is -0.393 e. The van der Waals surface area contributed by atoms with Crippen LogP contribution < -0.4 is 10.6 Å². The van der Waals surface area contributed by atoms with Gasteiger partial charge in [-0.3, -0.25) is 0 Å². The second-order valence-corrected chi connectivity index (χ2v) is 9.57. The topological polar surface area (TPSA) is 86.2 Å². The van der Waals surface area contributed by atoms with E-state index >= 15 is 0 Å². The van der Waals surface area contributed by atoms with Crippen molar-refractivity contribution in [2.24, 2.45) is 0 Å². The molecule has 5 rings (SSSR count). The van der Waals surface area contributed by atoms with E-state index in [0.29, 0.717) is 23.1 Å². The Labute approximate surface area is 188 Å². The van der Waals surface area contributed by atoms with E-state index in [2.05, 4.69) is 25.5 Å². The molecule has 1 saturated heterocycles. The highest BCUT2D eigenvalue weighted by atomic mass is 35.5. The van der Waals surface area contributed by atoms with Gasteiger partial charge in [-0.2, -0.15) is 4.98 Å². The lowest BCUT2D eigenvalue weighted by atomic mass is 9.89. The number of aromatic nitrogens is 3. The number of likely N-dealkylation sites (tertiary alicyclic amines) is 1. The average molecular weight is 443 g/mol. The van der Waals surface area contributed by atoms with Crippen LogP contribution in [0, 0.1) is 0 Å². The van der Waals surface area contributed by atoms with Crippen LogP contribution in [-0.2, 0) is 0 Å². The molecular formula is C23H31ClN6O. The summed E-state index contributed by atoms with van der Waals surface area (Å²) in [6.07, 6.45) is 12.2. The molecule has 2 saturated carbocycles. The molecule has 0 amide bonds.